The first-order valence-corrected chi connectivity index (χ1v) is 9.37. The van der Waals surface area contributed by atoms with E-state index in [4.69, 9.17) is 0 Å². The zero-order valence-electron chi connectivity index (χ0n) is 16.9. The van der Waals surface area contributed by atoms with Gasteiger partial charge >= 0.3 is 0 Å². The molecule has 0 fully saturated rings. The lowest BCUT2D eigenvalue weighted by molar-refractivity contribution is -0.117. The molecule has 2 aromatic rings. The molecule has 0 heterocycles. The van der Waals surface area contributed by atoms with Crippen LogP contribution in [0.2, 0.25) is 0 Å². The zero-order valence-corrected chi connectivity index (χ0v) is 16.9. The van der Waals surface area contributed by atoms with Gasteiger partial charge in [-0.05, 0) is 59.6 Å². The van der Waals surface area contributed by atoms with Crippen molar-refractivity contribution in [3.8, 4) is 0 Å². The Morgan fingerprint density at radius 2 is 1.69 bits per heavy atom. The van der Waals surface area contributed by atoms with Crippen LogP contribution in [0.25, 0.3) is 6.08 Å². The van der Waals surface area contributed by atoms with Crippen molar-refractivity contribution in [1.82, 2.24) is 5.32 Å². The molecular weight excluding hydrogens is 318 g/mol. The van der Waals surface area contributed by atoms with Crippen LogP contribution in [0.4, 0.5) is 0 Å². The Kier molecular flexibility index (Phi) is 6.42. The summed E-state index contributed by atoms with van der Waals surface area (Å²) >= 11 is 0. The van der Waals surface area contributed by atoms with Gasteiger partial charge in [-0.3, -0.25) is 4.79 Å². The summed E-state index contributed by atoms with van der Waals surface area (Å²) in [6.45, 7) is 12.9. The molecule has 1 N–H and O–H groups in total. The minimum Gasteiger partial charge on any atom is -0.346 e. The minimum absolute atomic E-state index is 0.0368. The molecule has 0 aliphatic rings. The molecule has 0 aromatic heterocycles. The fourth-order valence-electron chi connectivity index (χ4n) is 2.89. The number of amides is 1. The number of rotatable bonds is 5. The summed E-state index contributed by atoms with van der Waals surface area (Å²) in [4.78, 5) is 12.3. The van der Waals surface area contributed by atoms with Crippen LogP contribution in [0.3, 0.4) is 0 Å². The number of benzene rings is 2. The van der Waals surface area contributed by atoms with Crippen LogP contribution in [0, 0.1) is 13.8 Å². The molecule has 0 saturated heterocycles. The van der Waals surface area contributed by atoms with Gasteiger partial charge in [0.25, 0.3) is 0 Å². The quantitative estimate of drug-likeness (QED) is 0.671. The third-order valence-corrected chi connectivity index (χ3v) is 4.86. The Morgan fingerprint density at radius 3 is 2.23 bits per heavy atom. The first kappa shape index (κ1) is 20.0. The number of hydrogen-bond donors (Lipinski definition) is 1. The van der Waals surface area contributed by atoms with Gasteiger partial charge in [0.05, 0.1) is 6.04 Å². The third kappa shape index (κ3) is 5.32. The number of carbonyl (C=O) groups excluding carboxylic acids is 1. The van der Waals surface area contributed by atoms with Crippen molar-refractivity contribution in [2.75, 3.05) is 0 Å². The van der Waals surface area contributed by atoms with Crippen LogP contribution in [0.5, 0.6) is 0 Å². The van der Waals surface area contributed by atoms with Gasteiger partial charge in [-0.25, -0.2) is 0 Å². The molecule has 0 bridgehead atoms. The molecule has 0 radical (unpaired) electrons. The fraction of sp³-hybridized carbons (Fsp3) is 0.375. The molecule has 0 saturated carbocycles. The number of hydrogen-bond acceptors (Lipinski definition) is 1. The van der Waals surface area contributed by atoms with Crippen molar-refractivity contribution in [3.05, 3.63) is 76.4 Å². The van der Waals surface area contributed by atoms with E-state index >= 15 is 0 Å². The molecule has 2 rings (SSSR count). The van der Waals surface area contributed by atoms with Crippen LogP contribution in [0.15, 0.2) is 48.5 Å². The lowest BCUT2D eigenvalue weighted by atomic mass is 9.87. The first-order valence-electron chi connectivity index (χ1n) is 9.37. The van der Waals surface area contributed by atoms with E-state index < -0.39 is 0 Å². The van der Waals surface area contributed by atoms with Crippen molar-refractivity contribution in [2.45, 2.75) is 59.4 Å². The molecule has 0 unspecified atom stereocenters. The summed E-state index contributed by atoms with van der Waals surface area (Å²) in [6, 6.07) is 14.8. The zero-order chi connectivity index (χ0) is 19.3. The predicted octanol–water partition coefficient (Wildman–Crippen LogP) is 5.88. The second-order valence-corrected chi connectivity index (χ2v) is 8.02. The highest BCUT2D eigenvalue weighted by Gasteiger charge is 2.13. The van der Waals surface area contributed by atoms with Crippen molar-refractivity contribution >= 4 is 12.0 Å². The second-order valence-electron chi connectivity index (χ2n) is 8.02. The number of carbonyl (C=O) groups is 1. The highest BCUT2D eigenvalue weighted by molar-refractivity contribution is 5.92. The summed E-state index contributed by atoms with van der Waals surface area (Å²) in [5.74, 6) is -0.0602. The summed E-state index contributed by atoms with van der Waals surface area (Å²) in [7, 11) is 0. The van der Waals surface area contributed by atoms with Crippen molar-refractivity contribution in [1.29, 1.82) is 0 Å². The predicted molar refractivity (Wildman–Crippen MR) is 111 cm³/mol. The van der Waals surface area contributed by atoms with E-state index in [1.807, 2.05) is 6.08 Å². The highest BCUT2D eigenvalue weighted by Crippen LogP contribution is 2.23. The summed E-state index contributed by atoms with van der Waals surface area (Å²) in [5.41, 5.74) is 6.15. The van der Waals surface area contributed by atoms with Crippen LogP contribution in [-0.4, -0.2) is 5.91 Å². The lowest BCUT2D eigenvalue weighted by Gasteiger charge is -2.19. The first-order chi connectivity index (χ1) is 12.2. The molecule has 2 heteroatoms. The smallest absolute Gasteiger partial charge is 0.244 e. The van der Waals surface area contributed by atoms with Crippen LogP contribution < -0.4 is 5.32 Å². The fourth-order valence-corrected chi connectivity index (χ4v) is 2.89. The van der Waals surface area contributed by atoms with Crippen molar-refractivity contribution in [3.63, 3.8) is 0 Å². The maximum absolute atomic E-state index is 12.3. The van der Waals surface area contributed by atoms with Gasteiger partial charge in [0.1, 0.15) is 0 Å². The van der Waals surface area contributed by atoms with Crippen LogP contribution >= 0.6 is 0 Å². The third-order valence-electron chi connectivity index (χ3n) is 4.86. The number of aryl methyl sites for hydroxylation is 2. The topological polar surface area (TPSA) is 29.1 Å². The molecular formula is C24H31NO. The maximum atomic E-state index is 12.3. The van der Waals surface area contributed by atoms with E-state index in [2.05, 4.69) is 89.3 Å². The van der Waals surface area contributed by atoms with E-state index in [0.717, 1.165) is 17.5 Å². The molecule has 0 spiro atoms. The van der Waals surface area contributed by atoms with Gasteiger partial charge in [0.2, 0.25) is 5.91 Å². The SMILES string of the molecule is CC[C@@H](NC(=O)/C=C/c1ccc(C(C)(C)C)cc1)c1ccc(C)c(C)c1. The minimum atomic E-state index is -0.0602. The highest BCUT2D eigenvalue weighted by atomic mass is 16.1. The summed E-state index contributed by atoms with van der Waals surface area (Å²) in [5, 5.41) is 3.11. The molecule has 0 aliphatic carbocycles. The standard InChI is InChI=1S/C24H31NO/c1-7-22(20-12-8-17(2)18(3)16-20)25-23(26)15-11-19-9-13-21(14-10-19)24(4,5)6/h8-16,22H,7H2,1-6H3,(H,25,26)/b15-11+/t22-/m1/s1. The van der Waals surface area contributed by atoms with Gasteiger partial charge < -0.3 is 5.32 Å². The van der Waals surface area contributed by atoms with Crippen LogP contribution in [0.1, 0.15) is 68.0 Å². The Bertz CT molecular complexity index is 779. The lowest BCUT2D eigenvalue weighted by Crippen LogP contribution is -2.26. The Balaban J connectivity index is 2.04. The molecule has 26 heavy (non-hydrogen) atoms. The molecule has 2 aromatic carbocycles. The van der Waals surface area contributed by atoms with Gasteiger partial charge in [-0.15, -0.1) is 0 Å². The largest absolute Gasteiger partial charge is 0.346 e. The molecule has 2 nitrogen and oxygen atoms in total. The van der Waals surface area contributed by atoms with Crippen molar-refractivity contribution < 1.29 is 4.79 Å². The van der Waals surface area contributed by atoms with E-state index in [1.165, 1.54) is 16.7 Å². The van der Waals surface area contributed by atoms with Gasteiger partial charge in [-0.2, -0.15) is 0 Å². The molecule has 1 amide bonds. The number of nitrogens with one attached hydrogen (secondary N) is 1. The van der Waals surface area contributed by atoms with E-state index in [0.29, 0.717) is 0 Å². The average molecular weight is 350 g/mol. The summed E-state index contributed by atoms with van der Waals surface area (Å²) < 4.78 is 0. The Morgan fingerprint density at radius 1 is 1.04 bits per heavy atom. The average Bonchev–Trinajstić information content (AvgIpc) is 2.60. The van der Waals surface area contributed by atoms with Crippen molar-refractivity contribution in [2.24, 2.45) is 0 Å². The van der Waals surface area contributed by atoms with E-state index in [1.54, 1.807) is 6.08 Å². The Labute approximate surface area is 158 Å². The van der Waals surface area contributed by atoms with E-state index in [-0.39, 0.29) is 17.4 Å². The molecule has 1 atom stereocenters. The summed E-state index contributed by atoms with van der Waals surface area (Å²) in [6.07, 6.45) is 4.35. The van der Waals surface area contributed by atoms with Crippen LogP contribution in [-0.2, 0) is 10.2 Å². The second kappa shape index (κ2) is 8.35. The van der Waals surface area contributed by atoms with Gasteiger partial charge in [0.15, 0.2) is 0 Å². The van der Waals surface area contributed by atoms with E-state index in [9.17, 15) is 4.79 Å². The molecule has 138 valence electrons. The normalized spacial score (nSPS) is 13.0. The monoisotopic (exact) mass is 349 g/mol. The Hall–Kier alpha value is -2.35. The van der Waals surface area contributed by atoms with Gasteiger partial charge in [-0.1, -0.05) is 70.2 Å². The maximum Gasteiger partial charge on any atom is 0.244 e. The van der Waals surface area contributed by atoms with Gasteiger partial charge in [0, 0.05) is 6.08 Å². The molecule has 0 aliphatic heterocycles.